The van der Waals surface area contributed by atoms with Crippen molar-refractivity contribution < 1.29 is 14.3 Å². The van der Waals surface area contributed by atoms with Gasteiger partial charge < -0.3 is 14.5 Å². The largest absolute Gasteiger partial charge is 0.486 e. The van der Waals surface area contributed by atoms with Crippen molar-refractivity contribution in [2.45, 2.75) is 31.8 Å². The zero-order chi connectivity index (χ0) is 18.6. The van der Waals surface area contributed by atoms with Crippen molar-refractivity contribution in [3.05, 3.63) is 29.3 Å². The Kier molecular flexibility index (Phi) is 4.10. The van der Waals surface area contributed by atoms with Crippen molar-refractivity contribution in [3.8, 4) is 5.75 Å². The number of hydrogen-bond donors (Lipinski definition) is 0. The monoisotopic (exact) mass is 356 g/mol. The van der Waals surface area contributed by atoms with Gasteiger partial charge in [0.1, 0.15) is 11.4 Å². The minimum absolute atomic E-state index is 0.0238. The molecule has 5 heteroatoms. The summed E-state index contributed by atoms with van der Waals surface area (Å²) >= 11 is 0. The van der Waals surface area contributed by atoms with Crippen LogP contribution in [0.1, 0.15) is 35.2 Å². The van der Waals surface area contributed by atoms with E-state index in [2.05, 4.69) is 4.90 Å². The number of hydrogen-bond acceptors (Lipinski definition) is 4. The predicted octanol–water partition coefficient (Wildman–Crippen LogP) is 2.38. The van der Waals surface area contributed by atoms with E-state index in [4.69, 9.17) is 4.74 Å². The van der Waals surface area contributed by atoms with Crippen LogP contribution in [-0.2, 0) is 4.79 Å². The molecule has 1 aromatic carbocycles. The molecule has 140 valence electrons. The number of carbonyl (C=O) groups is 2. The molecule has 4 rings (SSSR count). The van der Waals surface area contributed by atoms with Crippen molar-refractivity contribution >= 4 is 11.7 Å². The molecule has 2 saturated carbocycles. The average Bonchev–Trinajstić information content (AvgIpc) is 3.24. The number of Topliss-reactive ketones (excluding diaryl/α,β-unsaturated/α-hetero) is 1. The summed E-state index contributed by atoms with van der Waals surface area (Å²) in [5.74, 6) is 1.67. The molecule has 0 bridgehead atoms. The fourth-order valence-corrected chi connectivity index (χ4v) is 4.98. The SMILES string of the molecule is Cc1ccc2c(c1)C(=O)C[C@]1(CC[C@@H]3[C@@H](C(=O)N(C)CCN(C)C)[C@H]31)O2. The number of likely N-dealkylation sites (N-methyl/N-ethyl adjacent to an activating group) is 2. The first kappa shape index (κ1) is 17.5. The van der Waals surface area contributed by atoms with Crippen LogP contribution in [0, 0.1) is 24.7 Å². The van der Waals surface area contributed by atoms with Gasteiger partial charge in [0.05, 0.1) is 12.0 Å². The Morgan fingerprint density at radius 1 is 1.27 bits per heavy atom. The van der Waals surface area contributed by atoms with Crippen molar-refractivity contribution in [2.24, 2.45) is 17.8 Å². The minimum atomic E-state index is -0.466. The average molecular weight is 356 g/mol. The van der Waals surface area contributed by atoms with Crippen LogP contribution in [0.3, 0.4) is 0 Å². The third-order valence-electron chi connectivity index (χ3n) is 6.43. The third-order valence-corrected chi connectivity index (χ3v) is 6.43. The highest BCUT2D eigenvalue weighted by Crippen LogP contribution is 2.66. The topological polar surface area (TPSA) is 49.9 Å². The second kappa shape index (κ2) is 6.08. The summed E-state index contributed by atoms with van der Waals surface area (Å²) in [7, 11) is 5.91. The summed E-state index contributed by atoms with van der Waals surface area (Å²) in [5.41, 5.74) is 1.31. The Morgan fingerprint density at radius 3 is 2.77 bits per heavy atom. The summed E-state index contributed by atoms with van der Waals surface area (Å²) in [4.78, 5) is 29.6. The second-order valence-electron chi connectivity index (χ2n) is 8.58. The smallest absolute Gasteiger partial charge is 0.226 e. The molecule has 3 aliphatic rings. The van der Waals surface area contributed by atoms with Crippen LogP contribution < -0.4 is 4.74 Å². The lowest BCUT2D eigenvalue weighted by atomic mass is 9.84. The van der Waals surface area contributed by atoms with Crippen molar-refractivity contribution in [2.75, 3.05) is 34.2 Å². The van der Waals surface area contributed by atoms with Crippen LogP contribution in [0.25, 0.3) is 0 Å². The first-order valence-electron chi connectivity index (χ1n) is 9.55. The minimum Gasteiger partial charge on any atom is -0.486 e. The molecular formula is C21H28N2O3. The van der Waals surface area contributed by atoms with Crippen molar-refractivity contribution in [1.82, 2.24) is 9.80 Å². The van der Waals surface area contributed by atoms with E-state index in [9.17, 15) is 9.59 Å². The first-order valence-corrected chi connectivity index (χ1v) is 9.55. The zero-order valence-corrected chi connectivity index (χ0v) is 16.1. The van der Waals surface area contributed by atoms with Gasteiger partial charge in [0.2, 0.25) is 5.91 Å². The number of nitrogens with zero attached hydrogens (tertiary/aromatic N) is 2. The standard InChI is InChI=1S/C21H28N2O3/c1-13-5-6-17-15(11-13)16(24)12-21(26-17)8-7-14-18(19(14)21)20(25)23(4)10-9-22(2)3/h5-6,11,14,18-19H,7-10,12H2,1-4H3/t14-,18-,19+,21+/m1/s1. The number of aryl methyl sites for hydroxylation is 1. The van der Waals surface area contributed by atoms with Crippen molar-refractivity contribution in [1.29, 1.82) is 0 Å². The van der Waals surface area contributed by atoms with Gasteiger partial charge in [-0.2, -0.15) is 0 Å². The Morgan fingerprint density at radius 2 is 2.04 bits per heavy atom. The summed E-state index contributed by atoms with van der Waals surface area (Å²) in [6, 6.07) is 5.82. The van der Waals surface area contributed by atoms with Crippen molar-refractivity contribution in [3.63, 3.8) is 0 Å². The van der Waals surface area contributed by atoms with Gasteiger partial charge in [-0.15, -0.1) is 0 Å². The Hall–Kier alpha value is -1.88. The van der Waals surface area contributed by atoms with E-state index in [0.29, 0.717) is 23.7 Å². The lowest BCUT2D eigenvalue weighted by molar-refractivity contribution is -0.133. The van der Waals surface area contributed by atoms with Gasteiger partial charge in [0.25, 0.3) is 0 Å². The van der Waals surface area contributed by atoms with E-state index in [1.807, 2.05) is 51.2 Å². The molecule has 1 heterocycles. The predicted molar refractivity (Wildman–Crippen MR) is 99.4 cm³/mol. The highest BCUT2D eigenvalue weighted by Gasteiger charge is 2.70. The Bertz CT molecular complexity index is 760. The molecule has 0 aromatic heterocycles. The number of carbonyl (C=O) groups excluding carboxylic acids is 2. The molecule has 0 N–H and O–H groups in total. The molecular weight excluding hydrogens is 328 g/mol. The van der Waals surface area contributed by atoms with Crippen LogP contribution in [0.4, 0.5) is 0 Å². The van der Waals surface area contributed by atoms with E-state index in [0.717, 1.165) is 31.5 Å². The molecule has 0 unspecified atom stereocenters. The molecule has 0 saturated heterocycles. The van der Waals surface area contributed by atoms with E-state index < -0.39 is 5.60 Å². The maximum atomic E-state index is 12.9. The molecule has 0 radical (unpaired) electrons. The fraction of sp³-hybridized carbons (Fsp3) is 0.619. The number of fused-ring (bicyclic) bond motifs is 3. The molecule has 1 amide bonds. The Balaban J connectivity index is 1.51. The third kappa shape index (κ3) is 2.73. The second-order valence-corrected chi connectivity index (χ2v) is 8.58. The number of amides is 1. The van der Waals surface area contributed by atoms with Gasteiger partial charge in [0, 0.05) is 32.0 Å². The molecule has 2 fully saturated rings. The molecule has 4 atom stereocenters. The number of rotatable bonds is 4. The first-order chi connectivity index (χ1) is 12.3. The van der Waals surface area contributed by atoms with Crippen LogP contribution in [0.15, 0.2) is 18.2 Å². The maximum Gasteiger partial charge on any atom is 0.226 e. The van der Waals surface area contributed by atoms with E-state index in [1.54, 1.807) is 0 Å². The lowest BCUT2D eigenvalue weighted by Gasteiger charge is -2.37. The normalized spacial score (nSPS) is 31.6. The van der Waals surface area contributed by atoms with Gasteiger partial charge in [0.15, 0.2) is 5.78 Å². The molecule has 1 aromatic rings. The number of ether oxygens (including phenoxy) is 1. The summed E-state index contributed by atoms with van der Waals surface area (Å²) in [6.07, 6.45) is 2.28. The van der Waals surface area contributed by atoms with Crippen LogP contribution >= 0.6 is 0 Å². The zero-order valence-electron chi connectivity index (χ0n) is 16.1. The van der Waals surface area contributed by atoms with E-state index >= 15 is 0 Å². The highest BCUT2D eigenvalue weighted by atomic mass is 16.5. The lowest BCUT2D eigenvalue weighted by Crippen LogP contribution is -2.45. The quantitative estimate of drug-likeness (QED) is 0.831. The number of benzene rings is 1. The fourth-order valence-electron chi connectivity index (χ4n) is 4.98. The van der Waals surface area contributed by atoms with E-state index in [1.165, 1.54) is 0 Å². The van der Waals surface area contributed by atoms with Gasteiger partial charge in [-0.05, 0) is 51.9 Å². The van der Waals surface area contributed by atoms with Gasteiger partial charge >= 0.3 is 0 Å². The Labute approximate surface area is 155 Å². The summed E-state index contributed by atoms with van der Waals surface area (Å²) in [6.45, 7) is 3.58. The van der Waals surface area contributed by atoms with E-state index in [-0.39, 0.29) is 23.5 Å². The number of ketones is 1. The van der Waals surface area contributed by atoms with Gasteiger partial charge in [-0.25, -0.2) is 0 Å². The molecule has 5 nitrogen and oxygen atoms in total. The van der Waals surface area contributed by atoms with Crippen LogP contribution in [0.2, 0.25) is 0 Å². The maximum absolute atomic E-state index is 12.9. The molecule has 1 aliphatic heterocycles. The van der Waals surface area contributed by atoms with Crippen LogP contribution in [0.5, 0.6) is 5.75 Å². The highest BCUT2D eigenvalue weighted by molar-refractivity contribution is 6.01. The van der Waals surface area contributed by atoms with Crippen LogP contribution in [-0.4, -0.2) is 61.3 Å². The summed E-state index contributed by atoms with van der Waals surface area (Å²) in [5, 5.41) is 0. The molecule has 26 heavy (non-hydrogen) atoms. The van der Waals surface area contributed by atoms with Gasteiger partial charge in [-0.3, -0.25) is 9.59 Å². The summed E-state index contributed by atoms with van der Waals surface area (Å²) < 4.78 is 6.42. The molecule has 2 aliphatic carbocycles. The molecule has 1 spiro atoms. The van der Waals surface area contributed by atoms with Gasteiger partial charge in [-0.1, -0.05) is 11.6 Å².